The molecule has 1 aliphatic carbocycles. The molecule has 0 aliphatic heterocycles. The van der Waals surface area contributed by atoms with E-state index < -0.39 is 8.32 Å². The van der Waals surface area contributed by atoms with Crippen molar-refractivity contribution < 1.29 is 22.6 Å². The molecule has 1 N–H and O–H groups in total. The first-order chi connectivity index (χ1) is 15.9. The average Bonchev–Trinajstić information content (AvgIpc) is 3.40. The maximum atomic E-state index is 13.1. The Bertz CT molecular complexity index is 1150. The number of nitrogens with one attached hydrogen (secondary N) is 1. The van der Waals surface area contributed by atoms with Crippen LogP contribution >= 0.6 is 0 Å². The van der Waals surface area contributed by atoms with Crippen LogP contribution in [0.5, 0.6) is 0 Å². The van der Waals surface area contributed by atoms with Crippen molar-refractivity contribution in [1.82, 2.24) is 20.7 Å². The number of carbonyl (C=O) groups excluding carboxylic acids is 1. The average molecular weight is 487 g/mol. The van der Waals surface area contributed by atoms with Gasteiger partial charge in [-0.15, -0.1) is 10.2 Å². The van der Waals surface area contributed by atoms with Gasteiger partial charge in [0.15, 0.2) is 8.32 Å². The number of aromatic nitrogens is 3. The first kappa shape index (κ1) is 24.3. The lowest BCUT2D eigenvalue weighted by Crippen LogP contribution is -2.43. The van der Waals surface area contributed by atoms with Gasteiger partial charge in [-0.2, -0.15) is 0 Å². The molecule has 2 heterocycles. The second kappa shape index (κ2) is 9.07. The monoisotopic (exact) mass is 486 g/mol. The van der Waals surface area contributed by atoms with Crippen LogP contribution in [0.2, 0.25) is 18.1 Å². The zero-order valence-corrected chi connectivity index (χ0v) is 21.4. The molecule has 8 nitrogen and oxygen atoms in total. The summed E-state index contributed by atoms with van der Waals surface area (Å²) in [4.78, 5) is 12.5. The number of hydrogen-bond acceptors (Lipinski definition) is 7. The molecule has 1 saturated carbocycles. The molecule has 0 spiro atoms. The lowest BCUT2D eigenvalue weighted by molar-refractivity contribution is 0.0864. The predicted molar refractivity (Wildman–Crippen MR) is 126 cm³/mol. The normalized spacial score (nSPS) is 19.5. The zero-order valence-electron chi connectivity index (χ0n) is 20.4. The zero-order chi connectivity index (χ0) is 24.7. The minimum atomic E-state index is -1.95. The molecule has 34 heavy (non-hydrogen) atoms. The molecule has 1 fully saturated rings. The number of halogens is 1. The van der Waals surface area contributed by atoms with E-state index in [0.29, 0.717) is 35.9 Å². The molecule has 10 heteroatoms. The molecule has 1 unspecified atom stereocenters. The summed E-state index contributed by atoms with van der Waals surface area (Å²) in [6.45, 7) is 12.9. The molecule has 1 aromatic carbocycles. The summed E-state index contributed by atoms with van der Waals surface area (Å²) in [5, 5.41) is 15.4. The van der Waals surface area contributed by atoms with Crippen molar-refractivity contribution in [3.05, 3.63) is 53.7 Å². The molecular formula is C24H31FN4O4Si. The molecule has 0 saturated heterocycles. The smallest absolute Gasteiger partial charge is 0.290 e. The fourth-order valence-corrected chi connectivity index (χ4v) is 4.92. The molecule has 1 aliphatic rings. The van der Waals surface area contributed by atoms with E-state index in [1.54, 1.807) is 18.2 Å². The van der Waals surface area contributed by atoms with Crippen LogP contribution in [0.15, 0.2) is 39.3 Å². The van der Waals surface area contributed by atoms with E-state index in [4.69, 9.17) is 13.4 Å². The van der Waals surface area contributed by atoms with Crippen LogP contribution in [0.25, 0.3) is 11.3 Å². The predicted octanol–water partition coefficient (Wildman–Crippen LogP) is 5.62. The molecule has 1 amide bonds. The quantitative estimate of drug-likeness (QED) is 0.432. The Morgan fingerprint density at radius 3 is 2.53 bits per heavy atom. The Balaban J connectivity index is 1.29. The maximum Gasteiger partial charge on any atom is 0.290 e. The van der Waals surface area contributed by atoms with Gasteiger partial charge in [0.05, 0.1) is 0 Å². The number of amides is 1. The molecule has 4 rings (SSSR count). The summed E-state index contributed by atoms with van der Waals surface area (Å²) < 4.78 is 30.5. The van der Waals surface area contributed by atoms with Crippen LogP contribution in [-0.2, 0) is 4.43 Å². The highest BCUT2D eigenvalue weighted by molar-refractivity contribution is 6.74. The number of benzene rings is 1. The number of nitrogens with zero attached hydrogens (tertiary/aromatic N) is 3. The summed E-state index contributed by atoms with van der Waals surface area (Å²) in [5.41, 5.74) is 1.15. The standard InChI is InChI=1S/C24H31FN4O4Si/c1-14(33-34(5,6)24(2,3)4)22-27-28-23(31-22)16-11-18(12-16)26-21(30)20-13-19(29-32-20)15-7-9-17(25)10-8-15/h7-10,13-14,16,18H,11-12H2,1-6H3,(H,26,30). The van der Waals surface area contributed by atoms with Crippen LogP contribution in [0.3, 0.4) is 0 Å². The Kier molecular flexibility index (Phi) is 6.47. The van der Waals surface area contributed by atoms with Gasteiger partial charge >= 0.3 is 0 Å². The van der Waals surface area contributed by atoms with Crippen LogP contribution in [0.4, 0.5) is 4.39 Å². The van der Waals surface area contributed by atoms with Crippen molar-refractivity contribution in [2.75, 3.05) is 0 Å². The lowest BCUT2D eigenvalue weighted by Gasteiger charge is -2.37. The summed E-state index contributed by atoms with van der Waals surface area (Å²) in [6.07, 6.45) is 1.13. The van der Waals surface area contributed by atoms with E-state index >= 15 is 0 Å². The fourth-order valence-electron chi connectivity index (χ4n) is 3.58. The first-order valence-corrected chi connectivity index (χ1v) is 14.4. The van der Waals surface area contributed by atoms with E-state index in [9.17, 15) is 9.18 Å². The van der Waals surface area contributed by atoms with Crippen molar-refractivity contribution in [3.63, 3.8) is 0 Å². The van der Waals surface area contributed by atoms with Gasteiger partial charge in [0, 0.05) is 23.6 Å². The summed E-state index contributed by atoms with van der Waals surface area (Å²) in [6, 6.07) is 7.37. The minimum Gasteiger partial charge on any atom is -0.422 e. The number of hydrogen-bond donors (Lipinski definition) is 1. The van der Waals surface area contributed by atoms with E-state index in [1.807, 2.05) is 6.92 Å². The maximum absolute atomic E-state index is 13.1. The number of rotatable bonds is 7. The van der Waals surface area contributed by atoms with Crippen molar-refractivity contribution in [3.8, 4) is 11.3 Å². The second-order valence-corrected chi connectivity index (χ2v) is 15.2. The Morgan fingerprint density at radius 2 is 1.88 bits per heavy atom. The molecule has 182 valence electrons. The van der Waals surface area contributed by atoms with Crippen molar-refractivity contribution in [2.24, 2.45) is 0 Å². The van der Waals surface area contributed by atoms with E-state index in [-0.39, 0.29) is 40.6 Å². The Morgan fingerprint density at radius 1 is 1.21 bits per heavy atom. The third-order valence-electron chi connectivity index (χ3n) is 6.78. The SMILES string of the molecule is CC(O[Si](C)(C)C(C)(C)C)c1nnc(C2CC(NC(=O)c3cc(-c4ccc(F)cc4)no3)C2)o1. The van der Waals surface area contributed by atoms with Gasteiger partial charge in [0.25, 0.3) is 5.91 Å². The van der Waals surface area contributed by atoms with Gasteiger partial charge < -0.3 is 18.7 Å². The van der Waals surface area contributed by atoms with Crippen molar-refractivity contribution in [1.29, 1.82) is 0 Å². The van der Waals surface area contributed by atoms with Crippen LogP contribution in [-0.4, -0.2) is 35.6 Å². The Hall–Kier alpha value is -2.85. The number of carbonyl (C=O) groups is 1. The lowest BCUT2D eigenvalue weighted by atomic mass is 9.80. The van der Waals surface area contributed by atoms with Crippen LogP contribution in [0, 0.1) is 5.82 Å². The highest BCUT2D eigenvalue weighted by Gasteiger charge is 2.40. The third-order valence-corrected chi connectivity index (χ3v) is 11.3. The summed E-state index contributed by atoms with van der Waals surface area (Å²) >= 11 is 0. The van der Waals surface area contributed by atoms with Gasteiger partial charge in [0.2, 0.25) is 17.5 Å². The van der Waals surface area contributed by atoms with Gasteiger partial charge in [0.1, 0.15) is 17.6 Å². The van der Waals surface area contributed by atoms with Gasteiger partial charge in [-0.25, -0.2) is 4.39 Å². The molecule has 3 aromatic rings. The molecular weight excluding hydrogens is 455 g/mol. The molecule has 0 bridgehead atoms. The fraction of sp³-hybridized carbons (Fsp3) is 0.500. The first-order valence-electron chi connectivity index (χ1n) is 11.5. The van der Waals surface area contributed by atoms with E-state index in [0.717, 1.165) is 0 Å². The largest absolute Gasteiger partial charge is 0.422 e. The summed E-state index contributed by atoms with van der Waals surface area (Å²) in [5.74, 6) is 0.588. The second-order valence-electron chi connectivity index (χ2n) is 10.4. The van der Waals surface area contributed by atoms with E-state index in [2.05, 4.69) is 54.5 Å². The van der Waals surface area contributed by atoms with Crippen LogP contribution < -0.4 is 5.32 Å². The molecule has 2 aromatic heterocycles. The van der Waals surface area contributed by atoms with Gasteiger partial charge in [-0.1, -0.05) is 25.9 Å². The van der Waals surface area contributed by atoms with Crippen LogP contribution in [0.1, 0.15) is 74.9 Å². The topological polar surface area (TPSA) is 103 Å². The van der Waals surface area contributed by atoms with Crippen molar-refractivity contribution in [2.45, 2.75) is 76.7 Å². The van der Waals surface area contributed by atoms with Crippen molar-refractivity contribution >= 4 is 14.2 Å². The molecule has 1 atom stereocenters. The Labute approximate surface area is 199 Å². The van der Waals surface area contributed by atoms with E-state index in [1.165, 1.54) is 12.1 Å². The molecule has 0 radical (unpaired) electrons. The highest BCUT2D eigenvalue weighted by Crippen LogP contribution is 2.40. The highest BCUT2D eigenvalue weighted by atomic mass is 28.4. The third kappa shape index (κ3) is 5.12. The van der Waals surface area contributed by atoms with Gasteiger partial charge in [-0.3, -0.25) is 4.79 Å². The minimum absolute atomic E-state index is 0.0203. The van der Waals surface area contributed by atoms with Gasteiger partial charge in [-0.05, 0) is 62.2 Å². The summed E-state index contributed by atoms with van der Waals surface area (Å²) in [7, 11) is -1.95.